The van der Waals surface area contributed by atoms with Gasteiger partial charge in [-0.2, -0.15) is 0 Å². The lowest BCUT2D eigenvalue weighted by Gasteiger charge is -2.34. The number of hydrogen-bond acceptors (Lipinski definition) is 3. The smallest absolute Gasteiger partial charge is 0.319 e. The van der Waals surface area contributed by atoms with Crippen LogP contribution in [0.25, 0.3) is 0 Å². The van der Waals surface area contributed by atoms with Gasteiger partial charge in [0.1, 0.15) is 0 Å². The Morgan fingerprint density at radius 3 is 2.70 bits per heavy atom. The molecular formula is C14H22BrN3OS. The fraction of sp³-hybridized carbons (Fsp3) is 0.643. The predicted octanol–water partition coefficient (Wildman–Crippen LogP) is 2.79. The van der Waals surface area contributed by atoms with E-state index in [0.717, 1.165) is 38.9 Å². The van der Waals surface area contributed by atoms with Crippen LogP contribution in [0, 0.1) is 0 Å². The molecule has 1 N–H and O–H groups in total. The van der Waals surface area contributed by atoms with Gasteiger partial charge in [0.2, 0.25) is 0 Å². The Morgan fingerprint density at radius 2 is 2.15 bits per heavy atom. The summed E-state index contributed by atoms with van der Waals surface area (Å²) in [6.07, 6.45) is 3.18. The topological polar surface area (TPSA) is 35.6 Å². The molecule has 0 saturated carbocycles. The summed E-state index contributed by atoms with van der Waals surface area (Å²) in [7, 11) is 3.62. The molecule has 0 radical (unpaired) electrons. The summed E-state index contributed by atoms with van der Waals surface area (Å²) >= 11 is 5.29. The van der Waals surface area contributed by atoms with E-state index in [0.29, 0.717) is 6.04 Å². The third kappa shape index (κ3) is 4.46. The molecule has 2 heterocycles. The Morgan fingerprint density at radius 1 is 1.45 bits per heavy atom. The van der Waals surface area contributed by atoms with Crippen LogP contribution in [-0.4, -0.2) is 55.6 Å². The molecule has 1 fully saturated rings. The van der Waals surface area contributed by atoms with Crippen molar-refractivity contribution in [1.29, 1.82) is 0 Å². The van der Waals surface area contributed by atoms with Gasteiger partial charge >= 0.3 is 6.03 Å². The van der Waals surface area contributed by atoms with Crippen molar-refractivity contribution in [3.8, 4) is 0 Å². The molecule has 2 amide bonds. The third-order valence-electron chi connectivity index (χ3n) is 3.58. The van der Waals surface area contributed by atoms with Gasteiger partial charge < -0.3 is 15.1 Å². The number of rotatable bonds is 4. The SMILES string of the molecule is CN(C)C(=O)N1CCC(NCCc2ccc(Br)s2)CC1. The monoisotopic (exact) mass is 359 g/mol. The Hall–Kier alpha value is -0.590. The molecule has 4 nitrogen and oxygen atoms in total. The largest absolute Gasteiger partial charge is 0.331 e. The number of likely N-dealkylation sites (tertiary alicyclic amines) is 1. The number of piperidine rings is 1. The lowest BCUT2D eigenvalue weighted by atomic mass is 10.1. The van der Waals surface area contributed by atoms with Crippen LogP contribution >= 0.6 is 27.3 Å². The van der Waals surface area contributed by atoms with E-state index in [1.54, 1.807) is 16.2 Å². The minimum absolute atomic E-state index is 0.131. The maximum absolute atomic E-state index is 11.8. The number of nitrogens with zero attached hydrogens (tertiary/aromatic N) is 2. The summed E-state index contributed by atoms with van der Waals surface area (Å²) in [6.45, 7) is 2.73. The van der Waals surface area contributed by atoms with E-state index in [1.165, 1.54) is 8.66 Å². The highest BCUT2D eigenvalue weighted by Crippen LogP contribution is 2.22. The van der Waals surface area contributed by atoms with E-state index >= 15 is 0 Å². The molecule has 0 aliphatic carbocycles. The zero-order valence-electron chi connectivity index (χ0n) is 12.1. The molecule has 6 heteroatoms. The summed E-state index contributed by atoms with van der Waals surface area (Å²) in [4.78, 5) is 16.8. The van der Waals surface area contributed by atoms with Gasteiger partial charge in [-0.25, -0.2) is 4.79 Å². The van der Waals surface area contributed by atoms with Gasteiger partial charge in [0.05, 0.1) is 3.79 Å². The van der Waals surface area contributed by atoms with Gasteiger partial charge in [-0.15, -0.1) is 11.3 Å². The Kier molecular flexibility index (Phi) is 5.86. The number of halogens is 1. The molecule has 0 bridgehead atoms. The van der Waals surface area contributed by atoms with Gasteiger partial charge in [0, 0.05) is 44.6 Å². The van der Waals surface area contributed by atoms with Crippen molar-refractivity contribution >= 4 is 33.3 Å². The number of amides is 2. The zero-order chi connectivity index (χ0) is 14.5. The van der Waals surface area contributed by atoms with Gasteiger partial charge in [0.25, 0.3) is 0 Å². The molecule has 0 atom stereocenters. The minimum atomic E-state index is 0.131. The van der Waals surface area contributed by atoms with Crippen LogP contribution < -0.4 is 5.32 Å². The van der Waals surface area contributed by atoms with Crippen LogP contribution in [0.2, 0.25) is 0 Å². The van der Waals surface area contributed by atoms with E-state index in [1.807, 2.05) is 19.0 Å². The number of urea groups is 1. The molecule has 20 heavy (non-hydrogen) atoms. The third-order valence-corrected chi connectivity index (χ3v) is 5.26. The highest BCUT2D eigenvalue weighted by molar-refractivity contribution is 9.11. The van der Waals surface area contributed by atoms with Crippen molar-refractivity contribution in [2.75, 3.05) is 33.7 Å². The minimum Gasteiger partial charge on any atom is -0.331 e. The van der Waals surface area contributed by atoms with E-state index in [2.05, 4.69) is 33.4 Å². The first-order chi connectivity index (χ1) is 9.56. The highest BCUT2D eigenvalue weighted by Gasteiger charge is 2.23. The fourth-order valence-electron chi connectivity index (χ4n) is 2.44. The lowest BCUT2D eigenvalue weighted by Crippen LogP contribution is -2.48. The zero-order valence-corrected chi connectivity index (χ0v) is 14.5. The van der Waals surface area contributed by atoms with Crippen molar-refractivity contribution in [1.82, 2.24) is 15.1 Å². The molecule has 0 spiro atoms. The summed E-state index contributed by atoms with van der Waals surface area (Å²) in [5.41, 5.74) is 0. The van der Waals surface area contributed by atoms with E-state index < -0.39 is 0 Å². The first-order valence-corrected chi connectivity index (χ1v) is 8.61. The molecule has 1 saturated heterocycles. The average Bonchev–Trinajstić information content (AvgIpc) is 2.84. The number of carbonyl (C=O) groups is 1. The van der Waals surface area contributed by atoms with E-state index in [9.17, 15) is 4.79 Å². The maximum atomic E-state index is 11.8. The Bertz CT molecular complexity index is 441. The van der Waals surface area contributed by atoms with E-state index in [-0.39, 0.29) is 6.03 Å². The van der Waals surface area contributed by atoms with Gasteiger partial charge in [-0.05, 0) is 47.3 Å². The Balaban J connectivity index is 1.66. The number of thiophene rings is 1. The molecule has 0 aromatic carbocycles. The summed E-state index contributed by atoms with van der Waals surface area (Å²) in [6, 6.07) is 4.96. The summed E-state index contributed by atoms with van der Waals surface area (Å²) in [5, 5.41) is 3.61. The van der Waals surface area contributed by atoms with Crippen molar-refractivity contribution in [2.45, 2.75) is 25.3 Å². The van der Waals surface area contributed by atoms with Crippen molar-refractivity contribution < 1.29 is 4.79 Å². The van der Waals surface area contributed by atoms with Crippen LogP contribution in [0.5, 0.6) is 0 Å². The number of hydrogen-bond donors (Lipinski definition) is 1. The average molecular weight is 360 g/mol. The van der Waals surface area contributed by atoms with Gasteiger partial charge in [-0.3, -0.25) is 0 Å². The van der Waals surface area contributed by atoms with Crippen LogP contribution in [0.3, 0.4) is 0 Å². The molecule has 2 rings (SSSR count). The Labute approximate surface area is 133 Å². The molecule has 112 valence electrons. The van der Waals surface area contributed by atoms with E-state index in [4.69, 9.17) is 0 Å². The second kappa shape index (κ2) is 7.43. The number of carbonyl (C=O) groups excluding carboxylic acids is 1. The van der Waals surface area contributed by atoms with Crippen LogP contribution in [0.1, 0.15) is 17.7 Å². The van der Waals surface area contributed by atoms with Crippen LogP contribution in [0.4, 0.5) is 4.79 Å². The highest BCUT2D eigenvalue weighted by atomic mass is 79.9. The predicted molar refractivity (Wildman–Crippen MR) is 87.4 cm³/mol. The molecule has 0 unspecified atom stereocenters. The van der Waals surface area contributed by atoms with Crippen LogP contribution in [-0.2, 0) is 6.42 Å². The lowest BCUT2D eigenvalue weighted by molar-refractivity contribution is 0.152. The quantitative estimate of drug-likeness (QED) is 0.896. The standard InChI is InChI=1S/C14H22BrN3OS/c1-17(2)14(19)18-9-6-11(7-10-18)16-8-5-12-3-4-13(15)20-12/h3-4,11,16H,5-10H2,1-2H3. The molecule has 1 aromatic heterocycles. The second-order valence-corrected chi connectivity index (χ2v) is 7.90. The van der Waals surface area contributed by atoms with Gasteiger partial charge in [0.15, 0.2) is 0 Å². The normalized spacial score (nSPS) is 16.4. The summed E-state index contributed by atoms with van der Waals surface area (Å²) < 4.78 is 1.20. The van der Waals surface area contributed by atoms with Crippen molar-refractivity contribution in [2.24, 2.45) is 0 Å². The maximum Gasteiger partial charge on any atom is 0.319 e. The second-order valence-electron chi connectivity index (χ2n) is 5.35. The van der Waals surface area contributed by atoms with Gasteiger partial charge in [-0.1, -0.05) is 0 Å². The van der Waals surface area contributed by atoms with Crippen LogP contribution in [0.15, 0.2) is 15.9 Å². The van der Waals surface area contributed by atoms with Crippen molar-refractivity contribution in [3.05, 3.63) is 20.8 Å². The fourth-order valence-corrected chi connectivity index (χ4v) is 3.93. The summed E-state index contributed by atoms with van der Waals surface area (Å²) in [5.74, 6) is 0. The van der Waals surface area contributed by atoms with Crippen molar-refractivity contribution in [3.63, 3.8) is 0 Å². The molecular weight excluding hydrogens is 338 g/mol. The number of nitrogens with one attached hydrogen (secondary N) is 1. The molecule has 1 aliphatic heterocycles. The first-order valence-electron chi connectivity index (χ1n) is 7.00. The first kappa shape index (κ1) is 15.8. The molecule has 1 aromatic rings. The molecule has 1 aliphatic rings.